The number of nitrogens with zero attached hydrogens (tertiary/aromatic N) is 2. The quantitative estimate of drug-likeness (QED) is 0.659. The van der Waals surface area contributed by atoms with E-state index in [0.29, 0.717) is 11.6 Å². The molecular weight excluding hydrogens is 414 g/mol. The van der Waals surface area contributed by atoms with Crippen LogP contribution in [0.3, 0.4) is 0 Å². The van der Waals surface area contributed by atoms with E-state index in [1.165, 1.54) is 11.1 Å². The first kappa shape index (κ1) is 22.4. The first-order chi connectivity index (χ1) is 16.2. The van der Waals surface area contributed by atoms with Gasteiger partial charge in [-0.1, -0.05) is 24.3 Å². The fourth-order valence-electron chi connectivity index (χ4n) is 5.58. The monoisotopic (exact) mass is 449 g/mol. The SMILES string of the molecule is O=Cc1ccc(N2CCC(O)CC2CN2CCc3ccccc3C2)c(NC2CCOCC2)c1. The minimum Gasteiger partial charge on any atom is -0.393 e. The van der Waals surface area contributed by atoms with E-state index in [9.17, 15) is 9.90 Å². The average molecular weight is 450 g/mol. The molecule has 2 N–H and O–H groups in total. The van der Waals surface area contributed by atoms with Crippen molar-refractivity contribution in [1.82, 2.24) is 4.90 Å². The fourth-order valence-corrected chi connectivity index (χ4v) is 5.58. The minimum absolute atomic E-state index is 0.233. The number of rotatable bonds is 6. The highest BCUT2D eigenvalue weighted by atomic mass is 16.5. The summed E-state index contributed by atoms with van der Waals surface area (Å²) in [4.78, 5) is 16.5. The van der Waals surface area contributed by atoms with Gasteiger partial charge in [-0.3, -0.25) is 9.69 Å². The van der Waals surface area contributed by atoms with Gasteiger partial charge in [0.1, 0.15) is 6.29 Å². The number of fused-ring (bicyclic) bond motifs is 1. The molecule has 33 heavy (non-hydrogen) atoms. The van der Waals surface area contributed by atoms with E-state index in [1.807, 2.05) is 12.1 Å². The Labute approximate surface area is 196 Å². The Bertz CT molecular complexity index is 959. The highest BCUT2D eigenvalue weighted by Gasteiger charge is 2.31. The van der Waals surface area contributed by atoms with Gasteiger partial charge in [-0.2, -0.15) is 0 Å². The number of ether oxygens (including phenoxy) is 1. The Balaban J connectivity index is 1.37. The number of carbonyl (C=O) groups is 1. The van der Waals surface area contributed by atoms with Gasteiger partial charge in [-0.05, 0) is 61.4 Å². The Morgan fingerprint density at radius 1 is 1.06 bits per heavy atom. The molecule has 0 aromatic heterocycles. The van der Waals surface area contributed by atoms with Crippen LogP contribution in [0.25, 0.3) is 0 Å². The maximum absolute atomic E-state index is 11.5. The summed E-state index contributed by atoms with van der Waals surface area (Å²) >= 11 is 0. The maximum atomic E-state index is 11.5. The van der Waals surface area contributed by atoms with Gasteiger partial charge >= 0.3 is 0 Å². The first-order valence-electron chi connectivity index (χ1n) is 12.4. The zero-order valence-corrected chi connectivity index (χ0v) is 19.3. The van der Waals surface area contributed by atoms with Crippen molar-refractivity contribution in [2.75, 3.05) is 43.1 Å². The second kappa shape index (κ2) is 10.2. The second-order valence-corrected chi connectivity index (χ2v) is 9.70. The van der Waals surface area contributed by atoms with Gasteiger partial charge in [0.15, 0.2) is 0 Å². The number of carbonyl (C=O) groups excluding carboxylic acids is 1. The van der Waals surface area contributed by atoms with E-state index in [4.69, 9.17) is 4.74 Å². The predicted molar refractivity (Wildman–Crippen MR) is 131 cm³/mol. The molecule has 5 rings (SSSR count). The zero-order valence-electron chi connectivity index (χ0n) is 19.3. The van der Waals surface area contributed by atoms with Gasteiger partial charge in [0.25, 0.3) is 0 Å². The maximum Gasteiger partial charge on any atom is 0.150 e. The number of aliphatic hydroxyl groups is 1. The highest BCUT2D eigenvalue weighted by Crippen LogP contribution is 2.34. The molecule has 0 aliphatic carbocycles. The van der Waals surface area contributed by atoms with E-state index in [1.54, 1.807) is 0 Å². The van der Waals surface area contributed by atoms with E-state index < -0.39 is 0 Å². The highest BCUT2D eigenvalue weighted by molar-refractivity contribution is 5.82. The third-order valence-corrected chi connectivity index (χ3v) is 7.41. The summed E-state index contributed by atoms with van der Waals surface area (Å²) < 4.78 is 5.53. The molecular formula is C27H35N3O3. The van der Waals surface area contributed by atoms with Crippen LogP contribution in [-0.4, -0.2) is 67.3 Å². The number of hydrogen-bond donors (Lipinski definition) is 2. The van der Waals surface area contributed by atoms with Crippen LogP contribution in [0, 0.1) is 0 Å². The number of aliphatic hydroxyl groups excluding tert-OH is 1. The van der Waals surface area contributed by atoms with Crippen LogP contribution in [0.1, 0.15) is 47.2 Å². The molecule has 2 fully saturated rings. The lowest BCUT2D eigenvalue weighted by molar-refractivity contribution is 0.0904. The molecule has 2 unspecified atom stereocenters. The molecule has 0 spiro atoms. The van der Waals surface area contributed by atoms with Gasteiger partial charge in [0.2, 0.25) is 0 Å². The number of benzene rings is 2. The lowest BCUT2D eigenvalue weighted by Gasteiger charge is -2.43. The fraction of sp³-hybridized carbons (Fsp3) is 0.519. The van der Waals surface area contributed by atoms with Crippen LogP contribution in [0.5, 0.6) is 0 Å². The number of nitrogens with one attached hydrogen (secondary N) is 1. The van der Waals surface area contributed by atoms with Crippen molar-refractivity contribution >= 4 is 17.7 Å². The van der Waals surface area contributed by atoms with Crippen molar-refractivity contribution in [2.24, 2.45) is 0 Å². The van der Waals surface area contributed by atoms with E-state index in [2.05, 4.69) is 45.4 Å². The van der Waals surface area contributed by atoms with Crippen LogP contribution >= 0.6 is 0 Å². The Morgan fingerprint density at radius 2 is 1.88 bits per heavy atom. The molecule has 6 heteroatoms. The van der Waals surface area contributed by atoms with E-state index >= 15 is 0 Å². The van der Waals surface area contributed by atoms with Gasteiger partial charge in [-0.15, -0.1) is 0 Å². The molecule has 2 aromatic rings. The summed E-state index contributed by atoms with van der Waals surface area (Å²) in [7, 11) is 0. The van der Waals surface area contributed by atoms with Gasteiger partial charge < -0.3 is 20.1 Å². The van der Waals surface area contributed by atoms with Crippen molar-refractivity contribution in [3.05, 3.63) is 59.2 Å². The summed E-state index contributed by atoms with van der Waals surface area (Å²) in [5.41, 5.74) is 5.73. The van der Waals surface area contributed by atoms with Gasteiger partial charge in [0.05, 0.1) is 17.5 Å². The van der Waals surface area contributed by atoms with Gasteiger partial charge in [0, 0.05) is 57.0 Å². The van der Waals surface area contributed by atoms with Crippen molar-refractivity contribution in [3.8, 4) is 0 Å². The molecule has 3 aliphatic heterocycles. The van der Waals surface area contributed by atoms with Crippen LogP contribution in [0.4, 0.5) is 11.4 Å². The average Bonchev–Trinajstić information content (AvgIpc) is 2.85. The van der Waals surface area contributed by atoms with Gasteiger partial charge in [-0.25, -0.2) is 0 Å². The minimum atomic E-state index is -0.260. The van der Waals surface area contributed by atoms with Crippen molar-refractivity contribution in [2.45, 2.75) is 56.8 Å². The largest absolute Gasteiger partial charge is 0.393 e. The second-order valence-electron chi connectivity index (χ2n) is 9.70. The third-order valence-electron chi connectivity index (χ3n) is 7.41. The summed E-state index contributed by atoms with van der Waals surface area (Å²) in [5.74, 6) is 0. The molecule has 3 aliphatic rings. The standard InChI is InChI=1S/C27H35N3O3/c31-19-20-5-6-27(26(15-20)28-23-9-13-33-14-10-23)30-12-8-25(32)16-24(30)18-29-11-7-21-3-1-2-4-22(21)17-29/h1-6,15,19,23-25,28,32H,7-14,16-18H2. The Hall–Kier alpha value is -2.41. The molecule has 176 valence electrons. The molecule has 2 aromatic carbocycles. The number of hydrogen-bond acceptors (Lipinski definition) is 6. The zero-order chi connectivity index (χ0) is 22.6. The normalized spacial score (nSPS) is 24.3. The molecule has 0 radical (unpaired) electrons. The predicted octanol–water partition coefficient (Wildman–Crippen LogP) is 3.48. The van der Waals surface area contributed by atoms with E-state index in [-0.39, 0.29) is 12.1 Å². The van der Waals surface area contributed by atoms with Crippen molar-refractivity contribution in [3.63, 3.8) is 0 Å². The van der Waals surface area contributed by atoms with Crippen molar-refractivity contribution in [1.29, 1.82) is 0 Å². The number of piperidine rings is 1. The summed E-state index contributed by atoms with van der Waals surface area (Å²) in [6.07, 6.45) is 5.22. The van der Waals surface area contributed by atoms with Crippen LogP contribution in [-0.2, 0) is 17.7 Å². The Kier molecular flexibility index (Phi) is 6.95. The van der Waals surface area contributed by atoms with Crippen LogP contribution in [0.15, 0.2) is 42.5 Å². The number of aldehydes is 1. The third kappa shape index (κ3) is 5.24. The lowest BCUT2D eigenvalue weighted by atomic mass is 9.95. The summed E-state index contributed by atoms with van der Waals surface area (Å²) in [6.45, 7) is 5.31. The first-order valence-corrected chi connectivity index (χ1v) is 12.4. The molecule has 6 nitrogen and oxygen atoms in total. The summed E-state index contributed by atoms with van der Waals surface area (Å²) in [6, 6.07) is 15.3. The molecule has 0 saturated carbocycles. The molecule has 0 amide bonds. The smallest absolute Gasteiger partial charge is 0.150 e. The lowest BCUT2D eigenvalue weighted by Crippen LogP contribution is -2.51. The number of anilines is 2. The van der Waals surface area contributed by atoms with E-state index in [0.717, 1.165) is 89.2 Å². The van der Waals surface area contributed by atoms with Crippen LogP contribution < -0.4 is 10.2 Å². The van der Waals surface area contributed by atoms with Crippen LogP contribution in [0.2, 0.25) is 0 Å². The Morgan fingerprint density at radius 3 is 2.70 bits per heavy atom. The molecule has 3 heterocycles. The van der Waals surface area contributed by atoms with Crippen molar-refractivity contribution < 1.29 is 14.6 Å². The summed E-state index contributed by atoms with van der Waals surface area (Å²) in [5, 5.41) is 14.2. The molecule has 2 atom stereocenters. The topological polar surface area (TPSA) is 65.0 Å². The molecule has 2 saturated heterocycles. The molecule has 0 bridgehead atoms.